The van der Waals surface area contributed by atoms with Crippen LogP contribution in [0.4, 0.5) is 4.39 Å². The summed E-state index contributed by atoms with van der Waals surface area (Å²) >= 11 is 0. The van der Waals surface area contributed by atoms with Gasteiger partial charge in [0.25, 0.3) is 0 Å². The smallest absolute Gasteiger partial charge is 0.244 e. The zero-order chi connectivity index (χ0) is 13.5. The number of pyridine rings is 1. The van der Waals surface area contributed by atoms with Gasteiger partial charge in [-0.3, -0.25) is 4.98 Å². The summed E-state index contributed by atoms with van der Waals surface area (Å²) in [5.74, 6) is -0.640. The molecule has 2 fully saturated rings. The first kappa shape index (κ1) is 13.0. The molecular formula is C12H15FN2O3S. The molecule has 0 radical (unpaired) electrons. The number of hydrogen-bond donors (Lipinski definition) is 0. The van der Waals surface area contributed by atoms with Crippen LogP contribution in [-0.4, -0.2) is 44.0 Å². The maximum absolute atomic E-state index is 13.1. The van der Waals surface area contributed by atoms with Gasteiger partial charge < -0.3 is 4.74 Å². The second-order valence-corrected chi connectivity index (χ2v) is 7.17. The number of ether oxygens (including phenoxy) is 1. The van der Waals surface area contributed by atoms with Crippen LogP contribution >= 0.6 is 0 Å². The van der Waals surface area contributed by atoms with E-state index < -0.39 is 15.8 Å². The molecule has 2 aliphatic heterocycles. The normalized spacial score (nSPS) is 28.3. The molecule has 3 rings (SSSR count). The van der Waals surface area contributed by atoms with E-state index in [-0.39, 0.29) is 10.3 Å². The van der Waals surface area contributed by atoms with E-state index in [1.165, 1.54) is 10.5 Å². The molecule has 1 atom stereocenters. The third-order valence-corrected chi connectivity index (χ3v) is 5.72. The van der Waals surface area contributed by atoms with Crippen LogP contribution in [-0.2, 0) is 14.8 Å². The molecule has 19 heavy (non-hydrogen) atoms. The summed E-state index contributed by atoms with van der Waals surface area (Å²) in [7, 11) is -3.65. The fraction of sp³-hybridized carbons (Fsp3) is 0.583. The fourth-order valence-corrected chi connectivity index (χ4v) is 4.28. The van der Waals surface area contributed by atoms with Crippen molar-refractivity contribution in [3.63, 3.8) is 0 Å². The van der Waals surface area contributed by atoms with Gasteiger partial charge in [-0.1, -0.05) is 0 Å². The Hall–Kier alpha value is -1.05. The van der Waals surface area contributed by atoms with Crippen LogP contribution < -0.4 is 0 Å². The second kappa shape index (κ2) is 4.50. The minimum absolute atomic E-state index is 0.0478. The SMILES string of the molecule is O=S(=O)(c1cncc(F)c1)N1CC[C@]2(CCOC2)C1. The summed E-state index contributed by atoms with van der Waals surface area (Å²) < 4.78 is 44.7. The number of sulfonamides is 1. The maximum Gasteiger partial charge on any atom is 0.244 e. The molecule has 7 heteroatoms. The Morgan fingerprint density at radius 3 is 2.89 bits per heavy atom. The van der Waals surface area contributed by atoms with Crippen LogP contribution in [0.3, 0.4) is 0 Å². The van der Waals surface area contributed by atoms with Crippen molar-refractivity contribution in [3.8, 4) is 0 Å². The quantitative estimate of drug-likeness (QED) is 0.814. The number of hydrogen-bond acceptors (Lipinski definition) is 4. The van der Waals surface area contributed by atoms with Crippen molar-refractivity contribution in [2.24, 2.45) is 5.41 Å². The van der Waals surface area contributed by atoms with E-state index in [2.05, 4.69) is 4.98 Å². The largest absolute Gasteiger partial charge is 0.381 e. The topological polar surface area (TPSA) is 59.5 Å². The van der Waals surface area contributed by atoms with E-state index in [4.69, 9.17) is 4.74 Å². The summed E-state index contributed by atoms with van der Waals surface area (Å²) in [4.78, 5) is 3.53. The van der Waals surface area contributed by atoms with E-state index in [1.807, 2.05) is 0 Å². The molecule has 2 aliphatic rings. The average Bonchev–Trinajstić information content (AvgIpc) is 3.01. The van der Waals surface area contributed by atoms with Gasteiger partial charge >= 0.3 is 0 Å². The molecule has 1 aromatic heterocycles. The molecule has 0 saturated carbocycles. The molecule has 0 bridgehead atoms. The minimum Gasteiger partial charge on any atom is -0.381 e. The number of halogens is 1. The van der Waals surface area contributed by atoms with Gasteiger partial charge in [-0.2, -0.15) is 4.31 Å². The van der Waals surface area contributed by atoms with Gasteiger partial charge in [0.2, 0.25) is 10.0 Å². The summed E-state index contributed by atoms with van der Waals surface area (Å²) in [6.45, 7) is 2.21. The Labute approximate surface area is 111 Å². The van der Waals surface area contributed by atoms with E-state index in [0.29, 0.717) is 26.3 Å². The monoisotopic (exact) mass is 286 g/mol. The predicted molar refractivity (Wildman–Crippen MR) is 65.4 cm³/mol. The molecule has 1 aromatic rings. The van der Waals surface area contributed by atoms with Gasteiger partial charge in [-0.15, -0.1) is 0 Å². The molecule has 0 amide bonds. The zero-order valence-electron chi connectivity index (χ0n) is 10.4. The lowest BCUT2D eigenvalue weighted by molar-refractivity contribution is 0.157. The third-order valence-electron chi connectivity index (χ3n) is 3.91. The fourth-order valence-electron chi connectivity index (χ4n) is 2.75. The van der Waals surface area contributed by atoms with Gasteiger partial charge in [0, 0.05) is 31.3 Å². The summed E-state index contributed by atoms with van der Waals surface area (Å²) in [6, 6.07) is 1.01. The highest BCUT2D eigenvalue weighted by Gasteiger charge is 2.45. The number of rotatable bonds is 2. The van der Waals surface area contributed by atoms with Crippen molar-refractivity contribution in [3.05, 3.63) is 24.3 Å². The van der Waals surface area contributed by atoms with Crippen molar-refractivity contribution >= 4 is 10.0 Å². The Bertz CT molecular complexity index is 584. The highest BCUT2D eigenvalue weighted by molar-refractivity contribution is 7.89. The van der Waals surface area contributed by atoms with Gasteiger partial charge in [0.1, 0.15) is 10.7 Å². The Kier molecular flexibility index (Phi) is 3.07. The lowest BCUT2D eigenvalue weighted by atomic mass is 9.87. The van der Waals surface area contributed by atoms with Gasteiger partial charge in [-0.25, -0.2) is 12.8 Å². The van der Waals surface area contributed by atoms with Crippen molar-refractivity contribution in [1.29, 1.82) is 0 Å². The van der Waals surface area contributed by atoms with Crippen molar-refractivity contribution in [2.45, 2.75) is 17.7 Å². The lowest BCUT2D eigenvalue weighted by Crippen LogP contribution is -2.32. The summed E-state index contributed by atoms with van der Waals surface area (Å²) in [5, 5.41) is 0. The maximum atomic E-state index is 13.1. The molecule has 0 aliphatic carbocycles. The number of nitrogens with zero attached hydrogens (tertiary/aromatic N) is 2. The molecule has 0 N–H and O–H groups in total. The van der Waals surface area contributed by atoms with Crippen LogP contribution in [0, 0.1) is 11.2 Å². The van der Waals surface area contributed by atoms with Crippen LogP contribution in [0.1, 0.15) is 12.8 Å². The molecule has 5 nitrogen and oxygen atoms in total. The zero-order valence-corrected chi connectivity index (χ0v) is 11.2. The minimum atomic E-state index is -3.65. The first-order valence-corrected chi connectivity index (χ1v) is 7.64. The average molecular weight is 286 g/mol. The van der Waals surface area contributed by atoms with Crippen molar-refractivity contribution in [1.82, 2.24) is 9.29 Å². The van der Waals surface area contributed by atoms with Crippen LogP contribution in [0.5, 0.6) is 0 Å². The Morgan fingerprint density at radius 2 is 2.21 bits per heavy atom. The first-order valence-electron chi connectivity index (χ1n) is 6.20. The first-order chi connectivity index (χ1) is 9.02. The molecule has 0 aromatic carbocycles. The van der Waals surface area contributed by atoms with Gasteiger partial charge in [0.05, 0.1) is 12.8 Å². The summed E-state index contributed by atoms with van der Waals surface area (Å²) in [5.41, 5.74) is -0.0478. The van der Waals surface area contributed by atoms with E-state index in [9.17, 15) is 12.8 Å². The van der Waals surface area contributed by atoms with Crippen molar-refractivity contribution in [2.75, 3.05) is 26.3 Å². The Morgan fingerprint density at radius 1 is 1.37 bits per heavy atom. The molecule has 104 valence electrons. The third kappa shape index (κ3) is 2.26. The van der Waals surface area contributed by atoms with E-state index in [0.717, 1.165) is 25.1 Å². The van der Waals surface area contributed by atoms with Gasteiger partial charge in [-0.05, 0) is 18.9 Å². The van der Waals surface area contributed by atoms with E-state index in [1.54, 1.807) is 0 Å². The van der Waals surface area contributed by atoms with Crippen molar-refractivity contribution < 1.29 is 17.5 Å². The highest BCUT2D eigenvalue weighted by Crippen LogP contribution is 2.40. The van der Waals surface area contributed by atoms with Crippen LogP contribution in [0.25, 0.3) is 0 Å². The highest BCUT2D eigenvalue weighted by atomic mass is 32.2. The lowest BCUT2D eigenvalue weighted by Gasteiger charge is -2.21. The number of aromatic nitrogens is 1. The molecular weight excluding hydrogens is 271 g/mol. The second-order valence-electron chi connectivity index (χ2n) is 5.23. The van der Waals surface area contributed by atoms with Gasteiger partial charge in [0.15, 0.2) is 0 Å². The van der Waals surface area contributed by atoms with Crippen LogP contribution in [0.2, 0.25) is 0 Å². The summed E-state index contributed by atoms with van der Waals surface area (Å²) in [6.07, 6.45) is 3.87. The molecule has 1 spiro atoms. The molecule has 2 saturated heterocycles. The Balaban J connectivity index is 1.86. The molecule has 3 heterocycles. The standard InChI is InChI=1S/C12H15FN2O3S/c13-10-5-11(7-14-6-10)19(16,17)15-3-1-12(8-15)2-4-18-9-12/h5-7H,1-4,8-9H2/t12-/m0/s1. The van der Waals surface area contributed by atoms with E-state index >= 15 is 0 Å². The predicted octanol–water partition coefficient (Wildman–Crippen LogP) is 1.02. The molecule has 0 unspecified atom stereocenters. The van der Waals surface area contributed by atoms with Crippen LogP contribution in [0.15, 0.2) is 23.4 Å².